The van der Waals surface area contributed by atoms with Crippen molar-refractivity contribution in [1.29, 1.82) is 0 Å². The van der Waals surface area contributed by atoms with Crippen LogP contribution >= 0.6 is 0 Å². The van der Waals surface area contributed by atoms with E-state index in [-0.39, 0.29) is 12.0 Å². The summed E-state index contributed by atoms with van der Waals surface area (Å²) in [6, 6.07) is 17.2. The normalized spacial score (nSPS) is 11.7. The van der Waals surface area contributed by atoms with Gasteiger partial charge in [0.1, 0.15) is 43.0 Å². The van der Waals surface area contributed by atoms with Crippen molar-refractivity contribution in [3.05, 3.63) is 78.4 Å². The van der Waals surface area contributed by atoms with Crippen LogP contribution in [0.4, 0.5) is 11.5 Å². The Morgan fingerprint density at radius 3 is 2.69 bits per heavy atom. The van der Waals surface area contributed by atoms with E-state index in [1.807, 2.05) is 68.4 Å². The van der Waals surface area contributed by atoms with Crippen LogP contribution in [0.1, 0.15) is 18.2 Å². The number of anilines is 2. The minimum absolute atomic E-state index is 0.318. The number of aryl methyl sites for hydroxylation is 1. The fraction of sp³-hybridized carbons (Fsp3) is 0.259. The SMILES string of the molecule is Cc1cc(Nc2ncnc3cccc(OC(C)CN(C)C(=O)CO)c23)ccc1OCc1ccccn1. The summed E-state index contributed by atoms with van der Waals surface area (Å²) in [5.41, 5.74) is 3.40. The summed E-state index contributed by atoms with van der Waals surface area (Å²) in [4.78, 5) is 26.3. The monoisotopic (exact) mass is 487 g/mol. The van der Waals surface area contributed by atoms with Gasteiger partial charge in [-0.25, -0.2) is 9.97 Å². The van der Waals surface area contributed by atoms with E-state index in [4.69, 9.17) is 14.6 Å². The van der Waals surface area contributed by atoms with Gasteiger partial charge in [0.2, 0.25) is 5.91 Å². The highest BCUT2D eigenvalue weighted by Gasteiger charge is 2.16. The number of nitrogens with zero attached hydrogens (tertiary/aromatic N) is 4. The van der Waals surface area contributed by atoms with Crippen LogP contribution in [0.3, 0.4) is 0 Å². The van der Waals surface area contributed by atoms with E-state index in [0.29, 0.717) is 24.7 Å². The van der Waals surface area contributed by atoms with Crippen LogP contribution in [0.5, 0.6) is 11.5 Å². The lowest BCUT2D eigenvalue weighted by Gasteiger charge is -2.23. The number of rotatable bonds is 10. The first-order valence-electron chi connectivity index (χ1n) is 11.6. The molecule has 2 N–H and O–H groups in total. The number of hydrogen-bond acceptors (Lipinski definition) is 8. The van der Waals surface area contributed by atoms with Crippen LogP contribution in [0.25, 0.3) is 10.9 Å². The molecule has 9 heteroatoms. The van der Waals surface area contributed by atoms with Crippen molar-refractivity contribution in [1.82, 2.24) is 19.9 Å². The molecule has 0 aliphatic carbocycles. The molecule has 0 aliphatic rings. The molecular weight excluding hydrogens is 458 g/mol. The number of nitrogens with one attached hydrogen (secondary N) is 1. The largest absolute Gasteiger partial charge is 0.488 e. The average Bonchev–Trinajstić information content (AvgIpc) is 2.88. The standard InChI is InChI=1S/C27H29N5O4/c1-18-13-20(10-11-23(18)35-16-21-7-4-5-12-28-21)31-27-26-22(29-17-30-27)8-6-9-24(26)36-19(2)14-32(3)25(34)15-33/h4-13,17,19,33H,14-16H2,1-3H3,(H,29,30,31). The van der Waals surface area contributed by atoms with Crippen molar-refractivity contribution in [3.63, 3.8) is 0 Å². The van der Waals surface area contributed by atoms with Gasteiger partial charge >= 0.3 is 0 Å². The van der Waals surface area contributed by atoms with Gasteiger partial charge in [0.15, 0.2) is 0 Å². The third kappa shape index (κ3) is 6.05. The van der Waals surface area contributed by atoms with Crippen LogP contribution in [0.15, 0.2) is 67.1 Å². The maximum atomic E-state index is 11.7. The third-order valence-electron chi connectivity index (χ3n) is 5.58. The zero-order valence-electron chi connectivity index (χ0n) is 20.5. The molecule has 1 unspecified atom stereocenters. The Kier molecular flexibility index (Phi) is 7.92. The molecule has 0 saturated carbocycles. The van der Waals surface area contributed by atoms with Crippen molar-refractivity contribution in [2.45, 2.75) is 26.6 Å². The third-order valence-corrected chi connectivity index (χ3v) is 5.58. The van der Waals surface area contributed by atoms with Gasteiger partial charge in [-0.15, -0.1) is 0 Å². The molecule has 0 saturated heterocycles. The minimum Gasteiger partial charge on any atom is -0.488 e. The zero-order chi connectivity index (χ0) is 25.5. The molecule has 0 bridgehead atoms. The quantitative estimate of drug-likeness (QED) is 0.347. The van der Waals surface area contributed by atoms with Crippen molar-refractivity contribution in [2.24, 2.45) is 0 Å². The number of hydrogen-bond donors (Lipinski definition) is 2. The summed E-state index contributed by atoms with van der Waals surface area (Å²) in [5, 5.41) is 13.2. The van der Waals surface area contributed by atoms with Crippen LogP contribution < -0.4 is 14.8 Å². The summed E-state index contributed by atoms with van der Waals surface area (Å²) in [7, 11) is 1.63. The van der Waals surface area contributed by atoms with Gasteiger partial charge < -0.3 is 24.8 Å². The number of amides is 1. The lowest BCUT2D eigenvalue weighted by molar-refractivity contribution is -0.133. The summed E-state index contributed by atoms with van der Waals surface area (Å²) in [6.07, 6.45) is 2.93. The van der Waals surface area contributed by atoms with Gasteiger partial charge in [0.25, 0.3) is 0 Å². The molecular formula is C27H29N5O4. The molecule has 1 atom stereocenters. The minimum atomic E-state index is -0.536. The summed E-state index contributed by atoms with van der Waals surface area (Å²) in [6.45, 7) is 4.03. The van der Waals surface area contributed by atoms with Crippen LogP contribution in [0.2, 0.25) is 0 Å². The van der Waals surface area contributed by atoms with Gasteiger partial charge in [-0.3, -0.25) is 9.78 Å². The number of aromatic nitrogens is 3. The van der Waals surface area contributed by atoms with Gasteiger partial charge in [-0.2, -0.15) is 0 Å². The van der Waals surface area contributed by atoms with Crippen molar-refractivity contribution in [2.75, 3.05) is 25.5 Å². The van der Waals surface area contributed by atoms with E-state index in [0.717, 1.165) is 33.6 Å². The van der Waals surface area contributed by atoms with Gasteiger partial charge in [-0.05, 0) is 61.9 Å². The Morgan fingerprint density at radius 1 is 1.08 bits per heavy atom. The maximum Gasteiger partial charge on any atom is 0.248 e. The lowest BCUT2D eigenvalue weighted by Crippen LogP contribution is -2.37. The lowest BCUT2D eigenvalue weighted by atomic mass is 10.1. The maximum absolute atomic E-state index is 11.7. The smallest absolute Gasteiger partial charge is 0.248 e. The number of carbonyl (C=O) groups excluding carboxylic acids is 1. The summed E-state index contributed by atoms with van der Waals surface area (Å²) in [5.74, 6) is 1.61. The van der Waals surface area contributed by atoms with Crippen LogP contribution in [0, 0.1) is 6.92 Å². The van der Waals surface area contributed by atoms with E-state index in [1.54, 1.807) is 13.2 Å². The Morgan fingerprint density at radius 2 is 1.94 bits per heavy atom. The molecule has 4 rings (SSSR count). The Balaban J connectivity index is 1.52. The fourth-order valence-electron chi connectivity index (χ4n) is 3.79. The van der Waals surface area contributed by atoms with Crippen molar-refractivity contribution in [3.8, 4) is 11.5 Å². The highest BCUT2D eigenvalue weighted by atomic mass is 16.5. The van der Waals surface area contributed by atoms with E-state index in [9.17, 15) is 4.79 Å². The topological polar surface area (TPSA) is 110 Å². The van der Waals surface area contributed by atoms with Gasteiger partial charge in [-0.1, -0.05) is 12.1 Å². The molecule has 36 heavy (non-hydrogen) atoms. The van der Waals surface area contributed by atoms with E-state index >= 15 is 0 Å². The number of likely N-dealkylation sites (N-methyl/N-ethyl adjacent to an activating group) is 1. The van der Waals surface area contributed by atoms with Crippen molar-refractivity contribution >= 4 is 28.3 Å². The van der Waals surface area contributed by atoms with Gasteiger partial charge in [0.05, 0.1) is 23.1 Å². The molecule has 0 fully saturated rings. The van der Waals surface area contributed by atoms with Gasteiger partial charge in [0, 0.05) is 18.9 Å². The average molecular weight is 488 g/mol. The molecule has 0 radical (unpaired) electrons. The fourth-order valence-corrected chi connectivity index (χ4v) is 3.79. The predicted molar refractivity (Wildman–Crippen MR) is 137 cm³/mol. The Bertz CT molecular complexity index is 1330. The molecule has 186 valence electrons. The molecule has 2 aromatic carbocycles. The molecule has 0 spiro atoms. The summed E-state index contributed by atoms with van der Waals surface area (Å²) >= 11 is 0. The molecule has 2 aromatic heterocycles. The number of aliphatic hydroxyl groups is 1. The Labute approximate surface area is 209 Å². The van der Waals surface area contributed by atoms with E-state index in [1.165, 1.54) is 11.2 Å². The predicted octanol–water partition coefficient (Wildman–Crippen LogP) is 3.87. The first kappa shape index (κ1) is 24.9. The number of pyridine rings is 1. The van der Waals surface area contributed by atoms with Crippen LogP contribution in [-0.4, -0.2) is 57.2 Å². The Hall–Kier alpha value is -4.24. The second-order valence-electron chi connectivity index (χ2n) is 8.45. The second-order valence-corrected chi connectivity index (χ2v) is 8.45. The molecule has 1 amide bonds. The van der Waals surface area contributed by atoms with E-state index < -0.39 is 6.61 Å². The molecule has 2 heterocycles. The summed E-state index contributed by atoms with van der Waals surface area (Å²) < 4.78 is 12.1. The number of ether oxygens (including phenoxy) is 2. The first-order chi connectivity index (χ1) is 17.4. The second kappa shape index (κ2) is 11.5. The molecule has 0 aliphatic heterocycles. The number of fused-ring (bicyclic) bond motifs is 1. The number of aliphatic hydroxyl groups excluding tert-OH is 1. The zero-order valence-corrected chi connectivity index (χ0v) is 20.5. The highest BCUT2D eigenvalue weighted by Crippen LogP contribution is 2.33. The van der Waals surface area contributed by atoms with E-state index in [2.05, 4.69) is 20.3 Å². The molecule has 4 aromatic rings. The molecule has 9 nitrogen and oxygen atoms in total. The highest BCUT2D eigenvalue weighted by molar-refractivity contribution is 5.95. The number of benzene rings is 2. The van der Waals surface area contributed by atoms with Crippen molar-refractivity contribution < 1.29 is 19.4 Å². The first-order valence-corrected chi connectivity index (χ1v) is 11.6. The number of carbonyl (C=O) groups is 1. The van der Waals surface area contributed by atoms with Crippen LogP contribution in [-0.2, 0) is 11.4 Å².